The average Bonchev–Trinajstić information content (AvgIpc) is 2.72. The van der Waals surface area contributed by atoms with Crippen LogP contribution in [-0.2, 0) is 11.2 Å². The first kappa shape index (κ1) is 24.3. The van der Waals surface area contributed by atoms with Gasteiger partial charge >= 0.3 is 6.09 Å². The molecule has 0 saturated carbocycles. The van der Waals surface area contributed by atoms with Crippen LogP contribution in [-0.4, -0.2) is 88.0 Å². The molecule has 2 N–H and O–H groups in total. The van der Waals surface area contributed by atoms with Crippen LogP contribution in [0, 0.1) is 0 Å². The number of β-amino-alcohol motifs (C(OH)–C–C–N with tert-alkyl or cyclic N) is 1. The van der Waals surface area contributed by atoms with Crippen LogP contribution >= 0.6 is 0 Å². The minimum absolute atomic E-state index is 0.00980. The van der Waals surface area contributed by atoms with Gasteiger partial charge in [0.1, 0.15) is 5.82 Å². The van der Waals surface area contributed by atoms with Crippen molar-refractivity contribution in [2.75, 3.05) is 38.2 Å². The van der Waals surface area contributed by atoms with Gasteiger partial charge in [-0.3, -0.25) is 9.69 Å². The Morgan fingerprint density at radius 1 is 1.28 bits per heavy atom. The molecule has 1 unspecified atom stereocenters. The zero-order valence-corrected chi connectivity index (χ0v) is 19.6. The lowest BCUT2D eigenvalue weighted by Crippen LogP contribution is -2.55. The Morgan fingerprint density at radius 3 is 2.56 bits per heavy atom. The van der Waals surface area contributed by atoms with Gasteiger partial charge in [-0.05, 0) is 58.1 Å². The van der Waals surface area contributed by atoms with Crippen molar-refractivity contribution >= 4 is 17.8 Å². The molecule has 1 saturated heterocycles. The van der Waals surface area contributed by atoms with Crippen molar-refractivity contribution in [3.63, 3.8) is 0 Å². The van der Waals surface area contributed by atoms with Gasteiger partial charge in [0.15, 0.2) is 0 Å². The van der Waals surface area contributed by atoms with Gasteiger partial charge in [-0.15, -0.1) is 0 Å². The topological polar surface area (TPSA) is 106 Å². The van der Waals surface area contributed by atoms with Crippen LogP contribution in [0.15, 0.2) is 12.1 Å². The Bertz CT molecular complexity index is 817. The van der Waals surface area contributed by atoms with Crippen molar-refractivity contribution in [1.82, 2.24) is 14.8 Å². The Hall–Kier alpha value is -2.39. The van der Waals surface area contributed by atoms with Gasteiger partial charge in [0.2, 0.25) is 11.8 Å². The third kappa shape index (κ3) is 5.69. The van der Waals surface area contributed by atoms with E-state index in [0.717, 1.165) is 31.5 Å². The zero-order chi connectivity index (χ0) is 23.5. The molecular weight excluding hydrogens is 412 g/mol. The smallest absolute Gasteiger partial charge is 0.407 e. The van der Waals surface area contributed by atoms with E-state index < -0.39 is 17.7 Å². The van der Waals surface area contributed by atoms with Crippen LogP contribution in [0.2, 0.25) is 0 Å². The van der Waals surface area contributed by atoms with E-state index in [9.17, 15) is 19.8 Å². The maximum absolute atomic E-state index is 12.5. The van der Waals surface area contributed by atoms with Crippen molar-refractivity contribution in [2.24, 2.45) is 0 Å². The average molecular weight is 449 g/mol. The second-order valence-corrected chi connectivity index (χ2v) is 9.68. The molecule has 0 aliphatic carbocycles. The molecule has 1 fully saturated rings. The Balaban J connectivity index is 1.52. The summed E-state index contributed by atoms with van der Waals surface area (Å²) < 4.78 is 5.21. The minimum Gasteiger partial charge on any atom is -0.481 e. The molecular formula is C23H36N4O5. The number of carboxylic acid groups (broad SMARTS) is 1. The first-order valence-electron chi connectivity index (χ1n) is 11.4. The van der Waals surface area contributed by atoms with Crippen LogP contribution in [0.25, 0.3) is 0 Å². The fourth-order valence-electron chi connectivity index (χ4n) is 4.75. The molecule has 0 aromatic carbocycles. The number of hydrogen-bond acceptors (Lipinski definition) is 6. The van der Waals surface area contributed by atoms with Gasteiger partial charge in [0.05, 0.1) is 13.2 Å². The minimum atomic E-state index is -0.882. The first-order valence-corrected chi connectivity index (χ1v) is 11.4. The summed E-state index contributed by atoms with van der Waals surface area (Å²) in [6.45, 7) is 8.15. The molecule has 0 bridgehead atoms. The molecule has 2 aliphatic heterocycles. The number of piperidine rings is 1. The van der Waals surface area contributed by atoms with Gasteiger partial charge in [0, 0.05) is 50.2 Å². The van der Waals surface area contributed by atoms with E-state index in [0.29, 0.717) is 44.0 Å². The molecule has 1 aromatic rings. The lowest BCUT2D eigenvalue weighted by atomic mass is 9.96. The normalized spacial score (nSPS) is 18.9. The van der Waals surface area contributed by atoms with Crippen molar-refractivity contribution in [3.8, 4) is 5.88 Å². The van der Waals surface area contributed by atoms with Crippen molar-refractivity contribution in [3.05, 3.63) is 17.7 Å². The predicted molar refractivity (Wildman–Crippen MR) is 121 cm³/mol. The number of carbonyl (C=O) groups excluding carboxylic acids is 1. The molecule has 0 radical (unpaired) electrons. The molecule has 3 rings (SSSR count). The number of nitrogens with zero attached hydrogens (tertiary/aromatic N) is 4. The number of aliphatic hydroxyl groups excluding tert-OH is 1. The second-order valence-electron chi connectivity index (χ2n) is 9.68. The quantitative estimate of drug-likeness (QED) is 0.659. The van der Waals surface area contributed by atoms with Crippen LogP contribution in [0.1, 0.15) is 52.0 Å². The highest BCUT2D eigenvalue weighted by atomic mass is 16.5. The largest absolute Gasteiger partial charge is 0.481 e. The predicted octanol–water partition coefficient (Wildman–Crippen LogP) is 2.36. The number of likely N-dealkylation sites (tertiary alicyclic amines) is 1. The van der Waals surface area contributed by atoms with Crippen molar-refractivity contribution in [2.45, 2.75) is 70.6 Å². The molecule has 1 atom stereocenters. The summed E-state index contributed by atoms with van der Waals surface area (Å²) in [7, 11) is 1.55. The maximum Gasteiger partial charge on any atom is 0.407 e. The number of pyridine rings is 1. The number of aryl methyl sites for hydroxylation is 1. The molecule has 32 heavy (non-hydrogen) atoms. The van der Waals surface area contributed by atoms with Crippen LogP contribution in [0.3, 0.4) is 0 Å². The molecule has 3 heterocycles. The number of methoxy groups -OCH3 is 1. The fraction of sp³-hybridized carbons (Fsp3) is 0.696. The lowest BCUT2D eigenvalue weighted by Gasteiger charge is -2.43. The number of amides is 2. The van der Waals surface area contributed by atoms with Gasteiger partial charge in [-0.25, -0.2) is 4.79 Å². The number of fused-ring (bicyclic) bond motifs is 1. The summed E-state index contributed by atoms with van der Waals surface area (Å²) in [6.07, 6.45) is 1.60. The lowest BCUT2D eigenvalue weighted by molar-refractivity contribution is -0.119. The van der Waals surface area contributed by atoms with Crippen molar-refractivity contribution < 1.29 is 24.5 Å². The van der Waals surface area contributed by atoms with Gasteiger partial charge in [0.25, 0.3) is 0 Å². The standard InChI is InChI=1S/C23H36N4O5/c1-23(2,3)27(22(30)31)17-9-12-25(13-10-17)15-18(28)11-14-26-20(29)8-6-16-5-7-19(32-4)24-21(16)26/h5,7,17-18,28H,6,8-15H2,1-4H3,(H,30,31). The zero-order valence-electron chi connectivity index (χ0n) is 19.6. The summed E-state index contributed by atoms with van der Waals surface area (Å²) in [5, 5.41) is 20.2. The number of rotatable bonds is 7. The molecule has 0 spiro atoms. The summed E-state index contributed by atoms with van der Waals surface area (Å²) in [6, 6.07) is 3.74. The van der Waals surface area contributed by atoms with E-state index in [2.05, 4.69) is 9.88 Å². The van der Waals surface area contributed by atoms with Gasteiger partial charge in [-0.2, -0.15) is 4.98 Å². The highest BCUT2D eigenvalue weighted by molar-refractivity contribution is 5.95. The number of hydrogen-bond donors (Lipinski definition) is 2. The van der Waals surface area contributed by atoms with E-state index in [1.54, 1.807) is 23.0 Å². The molecule has 1 aromatic heterocycles. The maximum atomic E-state index is 12.5. The molecule has 2 aliphatic rings. The van der Waals surface area contributed by atoms with E-state index in [-0.39, 0.29) is 11.9 Å². The molecule has 9 heteroatoms. The number of aliphatic hydroxyl groups is 1. The van der Waals surface area contributed by atoms with Crippen molar-refractivity contribution in [1.29, 1.82) is 0 Å². The number of ether oxygens (including phenoxy) is 1. The second kappa shape index (κ2) is 10.0. The Morgan fingerprint density at radius 2 is 1.97 bits per heavy atom. The number of carbonyl (C=O) groups is 2. The number of aromatic nitrogens is 1. The van der Waals surface area contributed by atoms with E-state index in [1.165, 1.54) is 0 Å². The molecule has 2 amide bonds. The Labute approximate surface area is 190 Å². The van der Waals surface area contributed by atoms with Gasteiger partial charge < -0.3 is 24.7 Å². The van der Waals surface area contributed by atoms with E-state index in [1.807, 2.05) is 26.8 Å². The SMILES string of the molecule is COc1ccc2c(n1)N(CCC(O)CN1CCC(N(C(=O)O)C(C)(C)C)CC1)C(=O)CC2. The van der Waals surface area contributed by atoms with E-state index >= 15 is 0 Å². The fourth-order valence-corrected chi connectivity index (χ4v) is 4.75. The van der Waals surface area contributed by atoms with Crippen LogP contribution < -0.4 is 9.64 Å². The van der Waals surface area contributed by atoms with E-state index in [4.69, 9.17) is 4.74 Å². The Kier molecular flexibility index (Phi) is 7.61. The molecule has 178 valence electrons. The van der Waals surface area contributed by atoms with Crippen LogP contribution in [0.4, 0.5) is 10.6 Å². The first-order chi connectivity index (χ1) is 15.1. The van der Waals surface area contributed by atoms with Crippen LogP contribution in [0.5, 0.6) is 5.88 Å². The monoisotopic (exact) mass is 448 g/mol. The summed E-state index contributed by atoms with van der Waals surface area (Å²) in [4.78, 5) is 34.1. The summed E-state index contributed by atoms with van der Waals surface area (Å²) in [5.74, 6) is 1.12. The summed E-state index contributed by atoms with van der Waals surface area (Å²) in [5.41, 5.74) is 0.579. The molecule has 9 nitrogen and oxygen atoms in total. The summed E-state index contributed by atoms with van der Waals surface area (Å²) >= 11 is 0. The van der Waals surface area contributed by atoms with Gasteiger partial charge in [-0.1, -0.05) is 0 Å². The highest BCUT2D eigenvalue weighted by Crippen LogP contribution is 2.29. The highest BCUT2D eigenvalue weighted by Gasteiger charge is 2.35. The third-order valence-electron chi connectivity index (χ3n) is 6.31. The number of anilines is 1. The third-order valence-corrected chi connectivity index (χ3v) is 6.31.